The molecule has 25 heavy (non-hydrogen) atoms. The number of halogens is 1. The Hall–Kier alpha value is -1.99. The van der Waals surface area contributed by atoms with Crippen LogP contribution in [0.2, 0.25) is 5.15 Å². The summed E-state index contributed by atoms with van der Waals surface area (Å²) < 4.78 is 0. The molecule has 1 aliphatic heterocycles. The van der Waals surface area contributed by atoms with Crippen molar-refractivity contribution in [2.75, 3.05) is 18.4 Å². The van der Waals surface area contributed by atoms with E-state index in [1.807, 2.05) is 26.8 Å². The number of rotatable bonds is 3. The molecule has 0 radical (unpaired) electrons. The molecule has 2 aromatic rings. The normalized spacial score (nSPS) is 16.8. The minimum absolute atomic E-state index is 0.209. The predicted molar refractivity (Wildman–Crippen MR) is 96.1 cm³/mol. The number of nitrogens with one attached hydrogen (secondary N) is 1. The molecular formula is C17H22ClN5O2. The Kier molecular flexibility index (Phi) is 5.06. The topological polar surface area (TPSA) is 80.2 Å². The first kappa shape index (κ1) is 17.8. The third kappa shape index (κ3) is 4.35. The van der Waals surface area contributed by atoms with Gasteiger partial charge in [-0.1, -0.05) is 11.6 Å². The molecule has 3 rings (SSSR count). The van der Waals surface area contributed by atoms with Gasteiger partial charge in [-0.2, -0.15) is 0 Å². The Morgan fingerprint density at radius 3 is 2.68 bits per heavy atom. The molecule has 0 saturated carbocycles. The maximum atomic E-state index is 12.0. The summed E-state index contributed by atoms with van der Waals surface area (Å²) in [7, 11) is 0. The van der Waals surface area contributed by atoms with Crippen LogP contribution in [0.3, 0.4) is 0 Å². The number of fused-ring (bicyclic) bond motifs is 1. The number of piperidine rings is 1. The van der Waals surface area contributed by atoms with Crippen molar-refractivity contribution in [1.29, 1.82) is 0 Å². The van der Waals surface area contributed by atoms with Crippen molar-refractivity contribution >= 4 is 34.4 Å². The Balaban J connectivity index is 1.61. The fraction of sp³-hybridized carbons (Fsp3) is 0.529. The number of anilines is 1. The highest BCUT2D eigenvalue weighted by Gasteiger charge is 2.28. The van der Waals surface area contributed by atoms with Crippen LogP contribution in [0.5, 0.6) is 0 Å². The molecule has 134 valence electrons. The largest absolute Gasteiger partial charge is 0.367 e. The second kappa shape index (κ2) is 7.09. The fourth-order valence-electron chi connectivity index (χ4n) is 2.56. The summed E-state index contributed by atoms with van der Waals surface area (Å²) in [5.74, 6) is 0.470. The van der Waals surface area contributed by atoms with Gasteiger partial charge in [0.25, 0.3) is 0 Å². The second-order valence-corrected chi connectivity index (χ2v) is 7.59. The number of hydrogen-bond acceptors (Lipinski definition) is 7. The van der Waals surface area contributed by atoms with Crippen LogP contribution in [-0.2, 0) is 9.63 Å². The zero-order valence-corrected chi connectivity index (χ0v) is 15.4. The van der Waals surface area contributed by atoms with E-state index in [9.17, 15) is 4.79 Å². The molecule has 7 nitrogen and oxygen atoms in total. The Bertz CT molecular complexity index is 769. The zero-order chi connectivity index (χ0) is 18.0. The van der Waals surface area contributed by atoms with Crippen LogP contribution < -0.4 is 5.32 Å². The number of nitrogens with zero attached hydrogens (tertiary/aromatic N) is 4. The summed E-state index contributed by atoms with van der Waals surface area (Å²) >= 11 is 5.99. The van der Waals surface area contributed by atoms with Gasteiger partial charge in [0.05, 0.1) is 10.9 Å². The molecule has 0 spiro atoms. The van der Waals surface area contributed by atoms with Crippen molar-refractivity contribution in [3.05, 3.63) is 23.6 Å². The van der Waals surface area contributed by atoms with E-state index >= 15 is 0 Å². The molecule has 0 atom stereocenters. The van der Waals surface area contributed by atoms with Gasteiger partial charge in [-0.25, -0.2) is 19.7 Å². The third-order valence-corrected chi connectivity index (χ3v) is 4.28. The minimum atomic E-state index is -0.500. The highest BCUT2D eigenvalue weighted by atomic mass is 35.5. The lowest BCUT2D eigenvalue weighted by Crippen LogP contribution is -2.42. The van der Waals surface area contributed by atoms with Crippen molar-refractivity contribution in [2.24, 2.45) is 5.41 Å². The first-order chi connectivity index (χ1) is 11.8. The zero-order valence-electron chi connectivity index (χ0n) is 14.6. The van der Waals surface area contributed by atoms with Gasteiger partial charge in [0.1, 0.15) is 17.0 Å². The van der Waals surface area contributed by atoms with E-state index in [-0.39, 0.29) is 12.0 Å². The molecule has 1 aliphatic rings. The van der Waals surface area contributed by atoms with E-state index in [1.54, 1.807) is 11.1 Å². The van der Waals surface area contributed by atoms with Crippen LogP contribution in [0.1, 0.15) is 33.6 Å². The SMILES string of the molecule is CC(C)(C)C(=O)ON1CCC(Nc2ncnc3ccc(Cl)nc23)CC1. The second-order valence-electron chi connectivity index (χ2n) is 7.20. The lowest BCUT2D eigenvalue weighted by atomic mass is 9.98. The van der Waals surface area contributed by atoms with E-state index in [1.165, 1.54) is 6.33 Å². The number of carbonyl (C=O) groups excluding carboxylic acids is 1. The average Bonchev–Trinajstić information content (AvgIpc) is 2.56. The summed E-state index contributed by atoms with van der Waals surface area (Å²) in [4.78, 5) is 30.2. The molecule has 3 heterocycles. The van der Waals surface area contributed by atoms with Gasteiger partial charge in [0.2, 0.25) is 0 Å². The van der Waals surface area contributed by atoms with Crippen LogP contribution in [0.25, 0.3) is 11.0 Å². The third-order valence-electron chi connectivity index (χ3n) is 4.07. The number of hydroxylamine groups is 2. The van der Waals surface area contributed by atoms with Crippen LogP contribution in [0, 0.1) is 5.41 Å². The van der Waals surface area contributed by atoms with Crippen molar-refractivity contribution in [1.82, 2.24) is 20.0 Å². The van der Waals surface area contributed by atoms with Crippen molar-refractivity contribution in [3.63, 3.8) is 0 Å². The molecule has 8 heteroatoms. The molecule has 0 bridgehead atoms. The van der Waals surface area contributed by atoms with Crippen LogP contribution in [0.4, 0.5) is 5.82 Å². The van der Waals surface area contributed by atoms with Gasteiger partial charge in [-0.3, -0.25) is 0 Å². The van der Waals surface area contributed by atoms with Crippen molar-refractivity contribution in [2.45, 2.75) is 39.7 Å². The Morgan fingerprint density at radius 1 is 1.28 bits per heavy atom. The van der Waals surface area contributed by atoms with E-state index in [4.69, 9.17) is 16.4 Å². The van der Waals surface area contributed by atoms with Gasteiger partial charge in [0.15, 0.2) is 5.82 Å². The van der Waals surface area contributed by atoms with Gasteiger partial charge >= 0.3 is 5.97 Å². The maximum absolute atomic E-state index is 12.0. The fourth-order valence-corrected chi connectivity index (χ4v) is 2.71. The Labute approximate surface area is 151 Å². The molecule has 1 fully saturated rings. The summed E-state index contributed by atoms with van der Waals surface area (Å²) in [5.41, 5.74) is 0.912. The standard InChI is InChI=1S/C17H22ClN5O2/c1-17(2,3)16(24)25-23-8-6-11(7-9-23)21-15-14-12(19-10-20-15)4-5-13(18)22-14/h4-5,10-11H,6-9H2,1-3H3,(H,19,20,21). The van der Waals surface area contributed by atoms with Gasteiger partial charge < -0.3 is 10.2 Å². The molecule has 1 saturated heterocycles. The Morgan fingerprint density at radius 2 is 2.00 bits per heavy atom. The lowest BCUT2D eigenvalue weighted by Gasteiger charge is -2.32. The molecule has 0 aromatic carbocycles. The lowest BCUT2D eigenvalue weighted by molar-refractivity contribution is -0.204. The number of pyridine rings is 1. The number of carbonyl (C=O) groups is 1. The molecule has 0 aliphatic carbocycles. The summed E-state index contributed by atoms with van der Waals surface area (Å²) in [5, 5.41) is 5.56. The highest BCUT2D eigenvalue weighted by molar-refractivity contribution is 6.29. The van der Waals surface area contributed by atoms with E-state index in [0.717, 1.165) is 18.4 Å². The molecule has 2 aromatic heterocycles. The van der Waals surface area contributed by atoms with E-state index in [2.05, 4.69) is 20.3 Å². The van der Waals surface area contributed by atoms with E-state index < -0.39 is 5.41 Å². The highest BCUT2D eigenvalue weighted by Crippen LogP contribution is 2.23. The molecule has 0 unspecified atom stereocenters. The first-order valence-electron chi connectivity index (χ1n) is 8.34. The van der Waals surface area contributed by atoms with Crippen LogP contribution in [0.15, 0.2) is 18.5 Å². The van der Waals surface area contributed by atoms with Crippen LogP contribution >= 0.6 is 11.6 Å². The maximum Gasteiger partial charge on any atom is 0.330 e. The smallest absolute Gasteiger partial charge is 0.330 e. The van der Waals surface area contributed by atoms with Gasteiger partial charge in [-0.05, 0) is 45.7 Å². The summed E-state index contributed by atoms with van der Waals surface area (Å²) in [6, 6.07) is 3.76. The molecular weight excluding hydrogens is 342 g/mol. The minimum Gasteiger partial charge on any atom is -0.367 e. The van der Waals surface area contributed by atoms with Gasteiger partial charge in [-0.15, -0.1) is 5.06 Å². The van der Waals surface area contributed by atoms with Crippen molar-refractivity contribution in [3.8, 4) is 0 Å². The number of hydrogen-bond donors (Lipinski definition) is 1. The predicted octanol–water partition coefficient (Wildman–Crippen LogP) is 3.06. The quantitative estimate of drug-likeness (QED) is 0.839. The summed E-state index contributed by atoms with van der Waals surface area (Å²) in [6.45, 7) is 6.90. The van der Waals surface area contributed by atoms with Gasteiger partial charge in [0, 0.05) is 19.1 Å². The number of aromatic nitrogens is 3. The monoisotopic (exact) mass is 363 g/mol. The van der Waals surface area contributed by atoms with Crippen molar-refractivity contribution < 1.29 is 9.63 Å². The first-order valence-corrected chi connectivity index (χ1v) is 8.72. The molecule has 0 amide bonds. The van der Waals surface area contributed by atoms with Crippen LogP contribution in [-0.4, -0.2) is 45.1 Å². The van der Waals surface area contributed by atoms with E-state index in [0.29, 0.717) is 29.6 Å². The summed E-state index contributed by atoms with van der Waals surface area (Å²) in [6.07, 6.45) is 3.19. The average molecular weight is 364 g/mol. The molecule has 1 N–H and O–H groups in total.